The lowest BCUT2D eigenvalue weighted by atomic mass is 10.1. The molecule has 0 fully saturated rings. The Balaban J connectivity index is 2.14. The van der Waals surface area contributed by atoms with Gasteiger partial charge in [0.25, 0.3) is 0 Å². The van der Waals surface area contributed by atoms with Crippen LogP contribution in [0.2, 0.25) is 0 Å². The second-order valence-electron chi connectivity index (χ2n) is 4.04. The second kappa shape index (κ2) is 6.39. The summed E-state index contributed by atoms with van der Waals surface area (Å²) >= 11 is 2.05. The van der Waals surface area contributed by atoms with Crippen molar-refractivity contribution >= 4 is 28.6 Å². The van der Waals surface area contributed by atoms with Crippen molar-refractivity contribution in [3.63, 3.8) is 0 Å². The zero-order valence-corrected chi connectivity index (χ0v) is 12.5. The first-order valence-corrected chi connectivity index (χ1v) is 6.82. The smallest absolute Gasteiger partial charge is 0.339 e. The quantitative estimate of drug-likeness (QED) is 0.827. The second-order valence-corrected chi connectivity index (χ2v) is 5.29. The van der Waals surface area contributed by atoms with Gasteiger partial charge in [0.1, 0.15) is 17.9 Å². The van der Waals surface area contributed by atoms with Crippen molar-refractivity contribution in [2.24, 2.45) is 0 Å². The van der Waals surface area contributed by atoms with Crippen LogP contribution in [0.15, 0.2) is 42.5 Å². The van der Waals surface area contributed by atoms with Gasteiger partial charge in [-0.2, -0.15) is 5.26 Å². The minimum atomic E-state index is -1.02. The molecule has 20 heavy (non-hydrogen) atoms. The number of hydrogen-bond donors (Lipinski definition) is 1. The largest absolute Gasteiger partial charge is 0.488 e. The lowest BCUT2D eigenvalue weighted by Crippen LogP contribution is -2.03. The van der Waals surface area contributed by atoms with Gasteiger partial charge < -0.3 is 9.84 Å². The van der Waals surface area contributed by atoms with Crippen molar-refractivity contribution < 1.29 is 14.6 Å². The molecule has 0 atom stereocenters. The Kier molecular flexibility index (Phi) is 4.58. The van der Waals surface area contributed by atoms with Crippen LogP contribution in [-0.4, -0.2) is 11.1 Å². The minimum absolute atomic E-state index is 0.144. The Hall–Kier alpha value is -2.07. The highest BCUT2D eigenvalue weighted by Crippen LogP contribution is 2.22. The van der Waals surface area contributed by atoms with Crippen LogP contribution in [0, 0.1) is 14.9 Å². The van der Waals surface area contributed by atoms with E-state index in [0.29, 0.717) is 11.3 Å². The normalized spacial score (nSPS) is 9.80. The van der Waals surface area contributed by atoms with E-state index in [9.17, 15) is 4.79 Å². The van der Waals surface area contributed by atoms with Crippen LogP contribution >= 0.6 is 22.6 Å². The monoisotopic (exact) mass is 379 g/mol. The Labute approximate surface area is 129 Å². The molecule has 100 valence electrons. The van der Waals surface area contributed by atoms with Gasteiger partial charge in [0, 0.05) is 3.57 Å². The molecule has 0 saturated carbocycles. The Morgan fingerprint density at radius 3 is 2.55 bits per heavy atom. The number of nitrogens with zero attached hydrogens (tertiary/aromatic N) is 1. The summed E-state index contributed by atoms with van der Waals surface area (Å²) in [5.74, 6) is -0.680. The third kappa shape index (κ3) is 3.48. The lowest BCUT2D eigenvalue weighted by Gasteiger charge is -2.09. The molecular weight excluding hydrogens is 369 g/mol. The highest BCUT2D eigenvalue weighted by Gasteiger charge is 2.11. The average molecular weight is 379 g/mol. The van der Waals surface area contributed by atoms with E-state index in [2.05, 4.69) is 22.6 Å². The van der Waals surface area contributed by atoms with Crippen molar-refractivity contribution in [3.8, 4) is 11.8 Å². The third-order valence-corrected chi connectivity index (χ3v) is 3.32. The number of halogens is 1. The van der Waals surface area contributed by atoms with Crippen molar-refractivity contribution in [3.05, 3.63) is 62.7 Å². The Morgan fingerprint density at radius 2 is 1.95 bits per heavy atom. The standard InChI is InChI=1S/C15H10INO3/c16-12-5-6-14(13(7-12)15(18)19)20-9-11-3-1-10(8-17)2-4-11/h1-7H,9H2,(H,18,19). The number of nitriles is 1. The van der Waals surface area contributed by atoms with E-state index in [1.807, 2.05) is 6.07 Å². The summed E-state index contributed by atoms with van der Waals surface area (Å²) in [6.45, 7) is 0.257. The summed E-state index contributed by atoms with van der Waals surface area (Å²) in [6.07, 6.45) is 0. The number of carbonyl (C=O) groups is 1. The fourth-order valence-electron chi connectivity index (χ4n) is 1.63. The van der Waals surface area contributed by atoms with Crippen LogP contribution in [0.3, 0.4) is 0 Å². The Morgan fingerprint density at radius 1 is 1.25 bits per heavy atom. The zero-order valence-electron chi connectivity index (χ0n) is 10.3. The maximum atomic E-state index is 11.1. The molecule has 0 aliphatic rings. The molecule has 4 nitrogen and oxygen atoms in total. The molecule has 0 radical (unpaired) electrons. The number of ether oxygens (including phenoxy) is 1. The Bertz CT molecular complexity index is 675. The third-order valence-electron chi connectivity index (χ3n) is 2.65. The molecule has 0 heterocycles. The summed E-state index contributed by atoms with van der Waals surface area (Å²) < 4.78 is 6.38. The predicted molar refractivity (Wildman–Crippen MR) is 81.6 cm³/mol. The van der Waals surface area contributed by atoms with Gasteiger partial charge in [0.05, 0.1) is 11.6 Å². The molecule has 0 spiro atoms. The van der Waals surface area contributed by atoms with E-state index in [0.717, 1.165) is 9.13 Å². The molecular formula is C15H10INO3. The SMILES string of the molecule is N#Cc1ccc(COc2ccc(I)cc2C(=O)O)cc1. The fourth-order valence-corrected chi connectivity index (χ4v) is 2.12. The van der Waals surface area contributed by atoms with Crippen molar-refractivity contribution in [2.45, 2.75) is 6.61 Å². The lowest BCUT2D eigenvalue weighted by molar-refractivity contribution is 0.0691. The van der Waals surface area contributed by atoms with E-state index < -0.39 is 5.97 Å². The van der Waals surface area contributed by atoms with E-state index in [1.54, 1.807) is 42.5 Å². The van der Waals surface area contributed by atoms with Crippen molar-refractivity contribution in [1.29, 1.82) is 5.26 Å². The predicted octanol–water partition coefficient (Wildman–Crippen LogP) is 3.44. The van der Waals surface area contributed by atoms with Crippen LogP contribution in [0.1, 0.15) is 21.5 Å². The average Bonchev–Trinajstić information content (AvgIpc) is 2.46. The zero-order chi connectivity index (χ0) is 14.5. The summed E-state index contributed by atoms with van der Waals surface area (Å²) in [7, 11) is 0. The maximum absolute atomic E-state index is 11.1. The highest BCUT2D eigenvalue weighted by atomic mass is 127. The van der Waals surface area contributed by atoms with E-state index in [1.165, 1.54) is 0 Å². The van der Waals surface area contributed by atoms with Crippen LogP contribution in [0.4, 0.5) is 0 Å². The molecule has 2 rings (SSSR count). The molecule has 0 aliphatic heterocycles. The molecule has 5 heteroatoms. The van der Waals surface area contributed by atoms with Crippen molar-refractivity contribution in [2.75, 3.05) is 0 Å². The summed E-state index contributed by atoms with van der Waals surface area (Å²) in [6, 6.07) is 14.0. The first-order valence-electron chi connectivity index (χ1n) is 5.75. The molecule has 2 aromatic carbocycles. The van der Waals surface area contributed by atoms with Gasteiger partial charge in [-0.25, -0.2) is 4.79 Å². The van der Waals surface area contributed by atoms with Crippen LogP contribution in [0.5, 0.6) is 5.75 Å². The van der Waals surface area contributed by atoms with E-state index in [4.69, 9.17) is 15.1 Å². The first kappa shape index (κ1) is 14.3. The van der Waals surface area contributed by atoms with Crippen molar-refractivity contribution in [1.82, 2.24) is 0 Å². The van der Waals surface area contributed by atoms with Gasteiger partial charge in [-0.3, -0.25) is 0 Å². The molecule has 1 N–H and O–H groups in total. The van der Waals surface area contributed by atoms with Gasteiger partial charge in [-0.15, -0.1) is 0 Å². The summed E-state index contributed by atoms with van der Waals surface area (Å²) in [5.41, 5.74) is 1.60. The molecule has 0 saturated heterocycles. The number of hydrogen-bond acceptors (Lipinski definition) is 3. The van der Waals surface area contributed by atoms with E-state index >= 15 is 0 Å². The summed E-state index contributed by atoms with van der Waals surface area (Å²) in [4.78, 5) is 11.1. The van der Waals surface area contributed by atoms with Gasteiger partial charge in [-0.1, -0.05) is 12.1 Å². The van der Waals surface area contributed by atoms with Gasteiger partial charge in [0.2, 0.25) is 0 Å². The molecule has 2 aromatic rings. The van der Waals surface area contributed by atoms with Crippen LogP contribution in [-0.2, 0) is 6.61 Å². The number of rotatable bonds is 4. The minimum Gasteiger partial charge on any atom is -0.488 e. The topological polar surface area (TPSA) is 70.3 Å². The summed E-state index contributed by atoms with van der Waals surface area (Å²) in [5, 5.41) is 17.8. The fraction of sp³-hybridized carbons (Fsp3) is 0.0667. The van der Waals surface area contributed by atoms with Gasteiger partial charge >= 0.3 is 5.97 Å². The molecule has 0 bridgehead atoms. The van der Waals surface area contributed by atoms with E-state index in [-0.39, 0.29) is 12.2 Å². The highest BCUT2D eigenvalue weighted by molar-refractivity contribution is 14.1. The molecule has 0 aliphatic carbocycles. The van der Waals surface area contributed by atoms with Crippen LogP contribution < -0.4 is 4.74 Å². The molecule has 0 amide bonds. The van der Waals surface area contributed by atoms with Gasteiger partial charge in [0.15, 0.2) is 0 Å². The number of carboxylic acids is 1. The van der Waals surface area contributed by atoms with Gasteiger partial charge in [-0.05, 0) is 58.5 Å². The number of carboxylic acid groups (broad SMARTS) is 1. The first-order chi connectivity index (χ1) is 9.60. The number of benzene rings is 2. The molecule has 0 unspecified atom stereocenters. The molecule has 0 aromatic heterocycles. The van der Waals surface area contributed by atoms with Crippen LogP contribution in [0.25, 0.3) is 0 Å². The number of aromatic carboxylic acids is 1. The maximum Gasteiger partial charge on any atom is 0.339 e.